The predicted octanol–water partition coefficient (Wildman–Crippen LogP) is 3.40. The van der Waals surface area contributed by atoms with Crippen molar-refractivity contribution in [2.24, 2.45) is 10.9 Å². The first-order chi connectivity index (χ1) is 11.4. The van der Waals surface area contributed by atoms with E-state index in [0.29, 0.717) is 0 Å². The fourth-order valence-corrected chi connectivity index (χ4v) is 3.07. The Bertz CT molecular complexity index is 747. The molecule has 0 spiro atoms. The number of amides is 1. The van der Waals surface area contributed by atoms with E-state index in [4.69, 9.17) is 4.74 Å². The average Bonchev–Trinajstić information content (AvgIpc) is 2.96. The zero-order valence-electron chi connectivity index (χ0n) is 14.3. The maximum Gasteiger partial charge on any atom is 0.433 e. The molecule has 0 bridgehead atoms. The molecule has 1 amide bonds. The number of hydrogen-bond donors (Lipinski definition) is 0. The SMILES string of the molecule is CC(C)(C)OC(=O)/N=C\C1CCC[C@H](c2nnc3cccnn23)C1. The largest absolute Gasteiger partial charge is 0.442 e. The fraction of sp³-hybridized carbons (Fsp3) is 0.588. The molecule has 1 saturated carbocycles. The van der Waals surface area contributed by atoms with Gasteiger partial charge in [0.1, 0.15) is 5.60 Å². The van der Waals surface area contributed by atoms with Crippen molar-refractivity contribution in [2.45, 2.75) is 58.0 Å². The predicted molar refractivity (Wildman–Crippen MR) is 90.2 cm³/mol. The Morgan fingerprint density at radius 1 is 1.38 bits per heavy atom. The molecule has 0 aromatic carbocycles. The minimum atomic E-state index is -0.529. The summed E-state index contributed by atoms with van der Waals surface area (Å²) in [6, 6.07) is 3.75. The topological polar surface area (TPSA) is 81.7 Å². The van der Waals surface area contributed by atoms with E-state index in [2.05, 4.69) is 20.3 Å². The van der Waals surface area contributed by atoms with Gasteiger partial charge in [0.05, 0.1) is 0 Å². The summed E-state index contributed by atoms with van der Waals surface area (Å²) in [6.07, 6.45) is 6.97. The van der Waals surface area contributed by atoms with Gasteiger partial charge in [0.15, 0.2) is 11.5 Å². The summed E-state index contributed by atoms with van der Waals surface area (Å²) < 4.78 is 7.02. The van der Waals surface area contributed by atoms with Gasteiger partial charge < -0.3 is 4.74 Å². The van der Waals surface area contributed by atoms with Gasteiger partial charge in [-0.15, -0.1) is 10.2 Å². The van der Waals surface area contributed by atoms with Crippen molar-refractivity contribution in [3.8, 4) is 0 Å². The third-order valence-electron chi connectivity index (χ3n) is 4.07. The third kappa shape index (κ3) is 3.96. The van der Waals surface area contributed by atoms with E-state index in [0.717, 1.165) is 37.2 Å². The molecule has 1 unspecified atom stereocenters. The van der Waals surface area contributed by atoms with Crippen LogP contribution in [0.2, 0.25) is 0 Å². The summed E-state index contributed by atoms with van der Waals surface area (Å²) in [4.78, 5) is 15.7. The first kappa shape index (κ1) is 16.5. The second kappa shape index (κ2) is 6.67. The third-order valence-corrected chi connectivity index (χ3v) is 4.07. The van der Waals surface area contributed by atoms with Crippen molar-refractivity contribution < 1.29 is 9.53 Å². The number of rotatable bonds is 2. The highest BCUT2D eigenvalue weighted by Crippen LogP contribution is 2.34. The minimum Gasteiger partial charge on any atom is -0.442 e. The van der Waals surface area contributed by atoms with Crippen LogP contribution in [0.5, 0.6) is 0 Å². The van der Waals surface area contributed by atoms with Crippen molar-refractivity contribution in [1.29, 1.82) is 0 Å². The van der Waals surface area contributed by atoms with E-state index in [1.165, 1.54) is 0 Å². The van der Waals surface area contributed by atoms with Crippen LogP contribution in [-0.4, -0.2) is 37.7 Å². The molecule has 1 aliphatic carbocycles. The van der Waals surface area contributed by atoms with Crippen molar-refractivity contribution in [1.82, 2.24) is 19.8 Å². The summed E-state index contributed by atoms with van der Waals surface area (Å²) in [5.41, 5.74) is 0.243. The number of fused-ring (bicyclic) bond motifs is 1. The molecule has 1 aliphatic rings. The average molecular weight is 329 g/mol. The summed E-state index contributed by atoms with van der Waals surface area (Å²) in [6.45, 7) is 5.50. The normalized spacial score (nSPS) is 22.1. The number of carbonyl (C=O) groups excluding carboxylic acids is 1. The van der Waals surface area contributed by atoms with Gasteiger partial charge in [0.2, 0.25) is 0 Å². The van der Waals surface area contributed by atoms with Gasteiger partial charge >= 0.3 is 6.09 Å². The molecule has 0 N–H and O–H groups in total. The molecule has 0 saturated heterocycles. The molecule has 2 atom stereocenters. The Labute approximate surface area is 141 Å². The lowest BCUT2D eigenvalue weighted by Gasteiger charge is -2.25. The van der Waals surface area contributed by atoms with Crippen molar-refractivity contribution >= 4 is 18.0 Å². The number of hydrogen-bond acceptors (Lipinski definition) is 5. The summed E-state index contributed by atoms with van der Waals surface area (Å²) in [5, 5.41) is 12.8. The van der Waals surface area contributed by atoms with Gasteiger partial charge in [0.25, 0.3) is 0 Å². The van der Waals surface area contributed by atoms with E-state index in [-0.39, 0.29) is 11.8 Å². The summed E-state index contributed by atoms with van der Waals surface area (Å²) in [7, 11) is 0. The van der Waals surface area contributed by atoms with Crippen LogP contribution >= 0.6 is 0 Å². The van der Waals surface area contributed by atoms with Gasteiger partial charge in [-0.05, 0) is 58.1 Å². The van der Waals surface area contributed by atoms with E-state index in [1.54, 1.807) is 16.9 Å². The number of nitrogens with zero attached hydrogens (tertiary/aromatic N) is 5. The Morgan fingerprint density at radius 2 is 2.21 bits per heavy atom. The monoisotopic (exact) mass is 329 g/mol. The molecule has 7 nitrogen and oxygen atoms in total. The van der Waals surface area contributed by atoms with Gasteiger partial charge in [-0.1, -0.05) is 6.42 Å². The van der Waals surface area contributed by atoms with Crippen LogP contribution in [0, 0.1) is 5.92 Å². The Morgan fingerprint density at radius 3 is 3.00 bits per heavy atom. The van der Waals surface area contributed by atoms with Crippen LogP contribution in [0.15, 0.2) is 23.3 Å². The van der Waals surface area contributed by atoms with Gasteiger partial charge in [-0.2, -0.15) is 14.6 Å². The van der Waals surface area contributed by atoms with E-state index in [9.17, 15) is 4.79 Å². The maximum absolute atomic E-state index is 11.7. The van der Waals surface area contributed by atoms with Crippen molar-refractivity contribution in [3.63, 3.8) is 0 Å². The molecule has 24 heavy (non-hydrogen) atoms. The van der Waals surface area contributed by atoms with Gasteiger partial charge in [-0.25, -0.2) is 4.79 Å². The van der Waals surface area contributed by atoms with Gasteiger partial charge in [0, 0.05) is 18.3 Å². The van der Waals surface area contributed by atoms with Gasteiger partial charge in [-0.3, -0.25) is 0 Å². The number of aliphatic imine (C=N–C) groups is 1. The molecule has 0 aliphatic heterocycles. The first-order valence-electron chi connectivity index (χ1n) is 8.36. The minimum absolute atomic E-state index is 0.243. The van der Waals surface area contributed by atoms with Crippen molar-refractivity contribution in [2.75, 3.05) is 0 Å². The number of aromatic nitrogens is 4. The fourth-order valence-electron chi connectivity index (χ4n) is 3.07. The zero-order chi connectivity index (χ0) is 17.2. The smallest absolute Gasteiger partial charge is 0.433 e. The molecular formula is C17H23N5O2. The molecule has 3 rings (SSSR count). The van der Waals surface area contributed by atoms with Crippen molar-refractivity contribution in [3.05, 3.63) is 24.2 Å². The van der Waals surface area contributed by atoms with Crippen LogP contribution < -0.4 is 0 Å². The van der Waals surface area contributed by atoms with Crippen LogP contribution in [0.1, 0.15) is 58.2 Å². The lowest BCUT2D eigenvalue weighted by Crippen LogP contribution is -2.23. The Balaban J connectivity index is 1.67. The number of carbonyl (C=O) groups is 1. The van der Waals surface area contributed by atoms with E-state index < -0.39 is 11.7 Å². The number of ether oxygens (including phenoxy) is 1. The first-order valence-corrected chi connectivity index (χ1v) is 8.36. The summed E-state index contributed by atoms with van der Waals surface area (Å²) >= 11 is 0. The quantitative estimate of drug-likeness (QED) is 0.789. The molecule has 2 heterocycles. The molecule has 2 aromatic heterocycles. The lowest BCUT2D eigenvalue weighted by atomic mass is 9.81. The molecule has 7 heteroatoms. The Kier molecular flexibility index (Phi) is 4.59. The van der Waals surface area contributed by atoms with Crippen LogP contribution in [0.25, 0.3) is 5.65 Å². The van der Waals surface area contributed by atoms with Crippen LogP contribution in [0.3, 0.4) is 0 Å². The molecule has 1 fully saturated rings. The highest BCUT2D eigenvalue weighted by molar-refractivity contribution is 5.80. The standard InChI is InChI=1S/C17H23N5O2/c1-17(2,3)24-16(23)18-11-12-6-4-7-13(10-12)15-21-20-14-8-5-9-19-22(14)15/h5,8-9,11-13H,4,6-7,10H2,1-3H3/b18-11-/t12?,13-/m0/s1. The Hall–Kier alpha value is -2.31. The second-order valence-corrected chi connectivity index (χ2v) is 7.23. The molecule has 2 aromatic rings. The highest BCUT2D eigenvalue weighted by Gasteiger charge is 2.26. The maximum atomic E-state index is 11.7. The lowest BCUT2D eigenvalue weighted by molar-refractivity contribution is 0.0604. The molecule has 128 valence electrons. The van der Waals surface area contributed by atoms with E-state index in [1.807, 2.05) is 32.9 Å². The zero-order valence-corrected chi connectivity index (χ0v) is 14.3. The van der Waals surface area contributed by atoms with Crippen LogP contribution in [0.4, 0.5) is 4.79 Å². The second-order valence-electron chi connectivity index (χ2n) is 7.23. The van der Waals surface area contributed by atoms with Crippen LogP contribution in [-0.2, 0) is 4.74 Å². The molecule has 0 radical (unpaired) electrons. The molecular weight excluding hydrogens is 306 g/mol. The van der Waals surface area contributed by atoms with E-state index >= 15 is 0 Å². The highest BCUT2D eigenvalue weighted by atomic mass is 16.6. The summed E-state index contributed by atoms with van der Waals surface area (Å²) in [5.74, 6) is 1.41.